The zero-order chi connectivity index (χ0) is 15.0. The van der Waals surface area contributed by atoms with E-state index in [1.54, 1.807) is 18.3 Å². The molecule has 5 nitrogen and oxygen atoms in total. The molecule has 1 N–H and O–H groups in total. The largest absolute Gasteiger partial charge is 0.346 e. The molecule has 0 saturated carbocycles. The number of hydrogen-bond acceptors (Lipinski definition) is 3. The number of pyridine rings is 1. The molecule has 8 heteroatoms. The number of rotatable bonds is 3. The summed E-state index contributed by atoms with van der Waals surface area (Å²) in [6.45, 7) is -2.88. The van der Waals surface area contributed by atoms with Crippen molar-refractivity contribution in [1.29, 1.82) is 0 Å². The molecule has 0 aromatic carbocycles. The summed E-state index contributed by atoms with van der Waals surface area (Å²) >= 11 is 5.72. The highest BCUT2D eigenvalue weighted by Gasteiger charge is 2.41. The van der Waals surface area contributed by atoms with E-state index in [2.05, 4.69) is 10.4 Å². The molecule has 2 aliphatic heterocycles. The van der Waals surface area contributed by atoms with E-state index in [-0.39, 0.29) is 11.9 Å². The van der Waals surface area contributed by atoms with Crippen LogP contribution in [0.4, 0.5) is 13.6 Å². The summed E-state index contributed by atoms with van der Waals surface area (Å²) in [5.74, 6) is 0.143. The van der Waals surface area contributed by atoms with Gasteiger partial charge in [-0.05, 0) is 24.1 Å². The number of urea groups is 1. The molecule has 2 amide bonds. The molecular weight excluding hydrogens is 302 g/mol. The molecule has 1 saturated heterocycles. The summed E-state index contributed by atoms with van der Waals surface area (Å²) in [7, 11) is 0. The van der Waals surface area contributed by atoms with Crippen LogP contribution in [0.5, 0.6) is 0 Å². The van der Waals surface area contributed by atoms with Crippen LogP contribution in [0.3, 0.4) is 0 Å². The Balaban J connectivity index is 1.80. The second kappa shape index (κ2) is 5.33. The van der Waals surface area contributed by atoms with Crippen molar-refractivity contribution in [2.75, 3.05) is 0 Å². The third-order valence-corrected chi connectivity index (χ3v) is 3.49. The van der Waals surface area contributed by atoms with Crippen LogP contribution in [0.25, 0.3) is 0 Å². The van der Waals surface area contributed by atoms with E-state index in [0.717, 1.165) is 5.56 Å². The van der Waals surface area contributed by atoms with Crippen LogP contribution in [0.1, 0.15) is 5.56 Å². The lowest BCUT2D eigenvalue weighted by Gasteiger charge is -2.29. The highest BCUT2D eigenvalue weighted by molar-refractivity contribution is 6.29. The first-order valence-electron chi connectivity index (χ1n) is 6.22. The highest BCUT2D eigenvalue weighted by atomic mass is 35.5. The predicted molar refractivity (Wildman–Crippen MR) is 72.2 cm³/mol. The van der Waals surface area contributed by atoms with Crippen molar-refractivity contribution in [3.63, 3.8) is 0 Å². The molecule has 2 aliphatic rings. The van der Waals surface area contributed by atoms with Gasteiger partial charge in [-0.1, -0.05) is 29.8 Å². The topological polar surface area (TPSA) is 48.5 Å². The molecule has 0 bridgehead atoms. The number of allylic oxidation sites excluding steroid dienone is 2. The van der Waals surface area contributed by atoms with Crippen molar-refractivity contribution in [2.45, 2.75) is 19.0 Å². The van der Waals surface area contributed by atoms with Crippen molar-refractivity contribution >= 4 is 17.6 Å². The lowest BCUT2D eigenvalue weighted by molar-refractivity contribution is 0.0229. The number of nitrogens with zero attached hydrogens (tertiary/aromatic N) is 3. The molecule has 1 atom stereocenters. The number of aromatic nitrogens is 1. The average Bonchev–Trinajstić information content (AvgIpc) is 2.78. The van der Waals surface area contributed by atoms with E-state index in [1.807, 2.05) is 12.1 Å². The van der Waals surface area contributed by atoms with Crippen LogP contribution in [0, 0.1) is 0 Å². The molecule has 3 rings (SSSR count). The van der Waals surface area contributed by atoms with E-state index in [1.165, 1.54) is 11.1 Å². The normalized spacial score (nSPS) is 20.7. The Bertz CT molecular complexity index is 617. The van der Waals surface area contributed by atoms with Gasteiger partial charge in [-0.15, -0.1) is 0 Å². The minimum atomic E-state index is -2.88. The monoisotopic (exact) mass is 312 g/mol. The van der Waals surface area contributed by atoms with Crippen molar-refractivity contribution < 1.29 is 13.6 Å². The molecular formula is C13H11ClF2N4O. The first-order chi connectivity index (χ1) is 10.1. The number of halogens is 3. The van der Waals surface area contributed by atoms with Gasteiger partial charge in [0.1, 0.15) is 11.0 Å². The first-order valence-corrected chi connectivity index (χ1v) is 6.60. The first kappa shape index (κ1) is 13.8. The number of hydrogen-bond donors (Lipinski definition) is 1. The van der Waals surface area contributed by atoms with Crippen LogP contribution in [0.2, 0.25) is 5.15 Å². The fourth-order valence-electron chi connectivity index (χ4n) is 2.32. The maximum absolute atomic E-state index is 12.9. The lowest BCUT2D eigenvalue weighted by atomic mass is 10.1. The van der Waals surface area contributed by atoms with Gasteiger partial charge < -0.3 is 0 Å². The molecule has 1 unspecified atom stereocenters. The average molecular weight is 313 g/mol. The van der Waals surface area contributed by atoms with Gasteiger partial charge in [0.05, 0.1) is 6.04 Å². The quantitative estimate of drug-likeness (QED) is 0.689. The number of fused-ring (bicyclic) bond motifs is 1. The van der Waals surface area contributed by atoms with E-state index in [9.17, 15) is 13.6 Å². The van der Waals surface area contributed by atoms with E-state index >= 15 is 0 Å². The summed E-state index contributed by atoms with van der Waals surface area (Å²) in [4.78, 5) is 16.0. The summed E-state index contributed by atoms with van der Waals surface area (Å²) < 4.78 is 25.8. The Morgan fingerprint density at radius 3 is 2.90 bits per heavy atom. The van der Waals surface area contributed by atoms with Crippen LogP contribution in [0.15, 0.2) is 42.4 Å². The molecule has 21 heavy (non-hydrogen) atoms. The van der Waals surface area contributed by atoms with Crippen LogP contribution in [-0.2, 0) is 6.42 Å². The van der Waals surface area contributed by atoms with Crippen molar-refractivity contribution in [3.8, 4) is 0 Å². The maximum Gasteiger partial charge on any atom is 0.346 e. The van der Waals surface area contributed by atoms with Gasteiger partial charge in [0.2, 0.25) is 0 Å². The van der Waals surface area contributed by atoms with Gasteiger partial charge in [0.25, 0.3) is 0 Å². The lowest BCUT2D eigenvalue weighted by Crippen LogP contribution is -2.41. The Labute approximate surface area is 124 Å². The van der Waals surface area contributed by atoms with E-state index in [4.69, 9.17) is 11.6 Å². The second-order valence-corrected chi connectivity index (χ2v) is 4.99. The standard InChI is InChI=1S/C13H11ClF2N4O/c14-10-5-4-8(7-17-10)6-9-2-1-3-11-19(12(15)16)13(21)18-20(9)11/h1-5,7,9,12H,6H2,(H,18,21). The number of carbonyl (C=O) groups is 1. The molecule has 110 valence electrons. The SMILES string of the molecule is O=C1NN2C(=CC=CC2Cc2ccc(Cl)nc2)N1C(F)F. The molecule has 1 aromatic rings. The van der Waals surface area contributed by atoms with Gasteiger partial charge in [0.15, 0.2) is 0 Å². The molecule has 0 spiro atoms. The minimum Gasteiger partial charge on any atom is -0.261 e. The van der Waals surface area contributed by atoms with Crippen molar-refractivity contribution in [2.24, 2.45) is 0 Å². The molecule has 1 aromatic heterocycles. The van der Waals surface area contributed by atoms with Gasteiger partial charge in [-0.2, -0.15) is 8.78 Å². The van der Waals surface area contributed by atoms with Crippen molar-refractivity contribution in [3.05, 3.63) is 53.1 Å². The van der Waals surface area contributed by atoms with Gasteiger partial charge >= 0.3 is 12.6 Å². The number of amides is 2. The number of hydrazine groups is 1. The fraction of sp³-hybridized carbons (Fsp3) is 0.231. The van der Waals surface area contributed by atoms with Crippen LogP contribution >= 0.6 is 11.6 Å². The fourth-order valence-corrected chi connectivity index (χ4v) is 2.43. The highest BCUT2D eigenvalue weighted by Crippen LogP contribution is 2.28. The zero-order valence-electron chi connectivity index (χ0n) is 10.7. The maximum atomic E-state index is 12.9. The molecule has 3 heterocycles. The van der Waals surface area contributed by atoms with Crippen molar-refractivity contribution in [1.82, 2.24) is 20.3 Å². The molecule has 0 radical (unpaired) electrons. The van der Waals surface area contributed by atoms with Crippen LogP contribution in [-0.4, -0.2) is 33.5 Å². The second-order valence-electron chi connectivity index (χ2n) is 4.61. The van der Waals surface area contributed by atoms with E-state index in [0.29, 0.717) is 16.5 Å². The zero-order valence-corrected chi connectivity index (χ0v) is 11.5. The van der Waals surface area contributed by atoms with Gasteiger partial charge in [-0.25, -0.2) is 20.1 Å². The van der Waals surface area contributed by atoms with Gasteiger partial charge in [-0.3, -0.25) is 5.01 Å². The smallest absolute Gasteiger partial charge is 0.261 e. The summed E-state index contributed by atoms with van der Waals surface area (Å²) in [5, 5.41) is 1.82. The molecule has 1 fully saturated rings. The Kier molecular flexibility index (Phi) is 3.50. The third-order valence-electron chi connectivity index (χ3n) is 3.27. The predicted octanol–water partition coefficient (Wildman–Crippen LogP) is 2.52. The van der Waals surface area contributed by atoms with E-state index < -0.39 is 12.6 Å². The van der Waals surface area contributed by atoms with Gasteiger partial charge in [0, 0.05) is 6.20 Å². The molecule has 0 aliphatic carbocycles. The summed E-state index contributed by atoms with van der Waals surface area (Å²) in [5.41, 5.74) is 3.33. The third kappa shape index (κ3) is 2.56. The summed E-state index contributed by atoms with van der Waals surface area (Å²) in [6.07, 6.45) is 7.09. The minimum absolute atomic E-state index is 0.143. The Morgan fingerprint density at radius 2 is 2.24 bits per heavy atom. The van der Waals surface area contributed by atoms with Crippen LogP contribution < -0.4 is 5.43 Å². The number of alkyl halides is 2. The Hall–Kier alpha value is -2.15. The number of nitrogens with one attached hydrogen (secondary N) is 1. The number of carbonyl (C=O) groups excluding carboxylic acids is 1. The Morgan fingerprint density at radius 1 is 1.43 bits per heavy atom. The summed E-state index contributed by atoms with van der Waals surface area (Å²) in [6, 6.07) is 2.37.